The minimum atomic E-state index is -1.24. The monoisotopic (exact) mass is 363 g/mol. The van der Waals surface area contributed by atoms with Crippen LogP contribution in [0, 0.1) is 5.92 Å². The van der Waals surface area contributed by atoms with E-state index in [4.69, 9.17) is 5.73 Å². The third-order valence-electron chi connectivity index (χ3n) is 5.09. The summed E-state index contributed by atoms with van der Waals surface area (Å²) in [4.78, 5) is 12.5. The summed E-state index contributed by atoms with van der Waals surface area (Å²) in [5.41, 5.74) is 9.68. The molecule has 0 aliphatic heterocycles. The number of hydrogen-bond donors (Lipinski definition) is 4. The summed E-state index contributed by atoms with van der Waals surface area (Å²) >= 11 is 0. The van der Waals surface area contributed by atoms with Crippen molar-refractivity contribution in [1.82, 2.24) is 5.43 Å². The molecule has 6 heteroatoms. The molecule has 0 saturated heterocycles. The molecule has 2 unspecified atom stereocenters. The third-order valence-corrected chi connectivity index (χ3v) is 5.09. The summed E-state index contributed by atoms with van der Waals surface area (Å²) in [6.45, 7) is 2.15. The van der Waals surface area contributed by atoms with Crippen molar-refractivity contribution >= 4 is 11.6 Å². The number of rotatable bonds is 9. The molecule has 0 aromatic heterocycles. The van der Waals surface area contributed by atoms with E-state index < -0.39 is 24.2 Å². The summed E-state index contributed by atoms with van der Waals surface area (Å²) in [6.07, 6.45) is 5.41. The molecule has 0 spiro atoms. The zero-order valence-electron chi connectivity index (χ0n) is 15.7. The fraction of sp³-hybridized carbons (Fsp3) is 0.650. The summed E-state index contributed by atoms with van der Waals surface area (Å²) in [7, 11) is 0. The Morgan fingerprint density at radius 1 is 1.23 bits per heavy atom. The third kappa shape index (κ3) is 6.59. The number of aliphatic hydroxyl groups is 2. The van der Waals surface area contributed by atoms with E-state index in [-0.39, 0.29) is 0 Å². The van der Waals surface area contributed by atoms with Crippen LogP contribution in [-0.2, 0) is 4.79 Å². The van der Waals surface area contributed by atoms with Gasteiger partial charge in [0.1, 0.15) is 6.10 Å². The van der Waals surface area contributed by atoms with Crippen LogP contribution in [0.3, 0.4) is 0 Å². The molecule has 3 atom stereocenters. The van der Waals surface area contributed by atoms with Crippen LogP contribution in [0.1, 0.15) is 51.9 Å². The van der Waals surface area contributed by atoms with E-state index in [0.717, 1.165) is 18.5 Å². The Bertz CT molecular complexity index is 532. The Labute approximate surface area is 156 Å². The lowest BCUT2D eigenvalue weighted by molar-refractivity contribution is -0.130. The first-order chi connectivity index (χ1) is 12.5. The van der Waals surface area contributed by atoms with Crippen molar-refractivity contribution in [3.8, 4) is 0 Å². The number of benzene rings is 1. The van der Waals surface area contributed by atoms with E-state index >= 15 is 0 Å². The number of para-hydroxylation sites is 1. The predicted molar refractivity (Wildman–Crippen MR) is 103 cm³/mol. The fourth-order valence-corrected chi connectivity index (χ4v) is 3.50. The first-order valence-corrected chi connectivity index (χ1v) is 9.72. The number of carbonyl (C=O) groups excluding carboxylic acids is 1. The molecule has 0 radical (unpaired) electrons. The normalized spacial score (nSPS) is 18.8. The van der Waals surface area contributed by atoms with Crippen LogP contribution in [-0.4, -0.2) is 40.9 Å². The molecule has 0 heterocycles. The van der Waals surface area contributed by atoms with Gasteiger partial charge in [0.25, 0.3) is 5.91 Å². The molecule has 2 rings (SSSR count). The Hall–Kier alpha value is -1.63. The van der Waals surface area contributed by atoms with Gasteiger partial charge in [0.05, 0.1) is 11.8 Å². The van der Waals surface area contributed by atoms with E-state index in [1.807, 2.05) is 30.3 Å². The van der Waals surface area contributed by atoms with Crippen LogP contribution in [0.2, 0.25) is 0 Å². The predicted octanol–water partition coefficient (Wildman–Crippen LogP) is 1.95. The van der Waals surface area contributed by atoms with Gasteiger partial charge >= 0.3 is 0 Å². The van der Waals surface area contributed by atoms with Gasteiger partial charge in [-0.15, -0.1) is 0 Å². The Morgan fingerprint density at radius 3 is 2.50 bits per heavy atom. The molecule has 1 aromatic rings. The SMILES string of the molecule is CC(O)CCN(NC(=O)C(O)[C@H](N)CC1CCCCC1)c1ccccc1. The molecule has 1 amide bonds. The zero-order chi connectivity index (χ0) is 18.9. The van der Waals surface area contributed by atoms with Gasteiger partial charge < -0.3 is 15.9 Å². The van der Waals surface area contributed by atoms with Crippen molar-refractivity contribution in [3.63, 3.8) is 0 Å². The molecule has 1 fully saturated rings. The maximum absolute atomic E-state index is 12.5. The average Bonchev–Trinajstić information content (AvgIpc) is 2.65. The molecule has 6 nitrogen and oxygen atoms in total. The molecule has 1 aromatic carbocycles. The highest BCUT2D eigenvalue weighted by Gasteiger charge is 2.27. The number of anilines is 1. The largest absolute Gasteiger partial charge is 0.393 e. The summed E-state index contributed by atoms with van der Waals surface area (Å²) in [5, 5.41) is 21.6. The summed E-state index contributed by atoms with van der Waals surface area (Å²) in [5.74, 6) is 0.00409. The minimum absolute atomic E-state index is 0.442. The maximum atomic E-state index is 12.5. The highest BCUT2D eigenvalue weighted by Crippen LogP contribution is 2.27. The van der Waals surface area contributed by atoms with Crippen molar-refractivity contribution < 1.29 is 15.0 Å². The Balaban J connectivity index is 1.93. The Kier molecular flexibility index (Phi) is 8.35. The van der Waals surface area contributed by atoms with Gasteiger partial charge in [-0.3, -0.25) is 15.2 Å². The van der Waals surface area contributed by atoms with E-state index in [2.05, 4.69) is 5.43 Å². The van der Waals surface area contributed by atoms with Crippen LogP contribution >= 0.6 is 0 Å². The first kappa shape index (κ1) is 20.7. The van der Waals surface area contributed by atoms with Gasteiger partial charge in [0, 0.05) is 12.6 Å². The average molecular weight is 364 g/mol. The van der Waals surface area contributed by atoms with Gasteiger partial charge in [-0.25, -0.2) is 0 Å². The smallest absolute Gasteiger partial charge is 0.268 e. The quantitative estimate of drug-likeness (QED) is 0.503. The standard InChI is InChI=1S/C20H33N3O3/c1-15(24)12-13-23(17-10-6-3-7-11-17)22-20(26)19(25)18(21)14-16-8-4-2-5-9-16/h3,6-7,10-11,15-16,18-19,24-25H,2,4-5,8-9,12-14,21H2,1H3,(H,22,26)/t15?,18-,19?/m1/s1. The maximum Gasteiger partial charge on any atom is 0.268 e. The Morgan fingerprint density at radius 2 is 1.88 bits per heavy atom. The number of nitrogens with two attached hydrogens (primary N) is 1. The second-order valence-electron chi connectivity index (χ2n) is 7.45. The van der Waals surface area contributed by atoms with Crippen molar-refractivity contribution in [3.05, 3.63) is 30.3 Å². The number of aliphatic hydroxyl groups excluding tert-OH is 2. The number of nitrogens with zero attached hydrogens (tertiary/aromatic N) is 1. The molecule has 26 heavy (non-hydrogen) atoms. The molecule has 146 valence electrons. The van der Waals surface area contributed by atoms with Crippen molar-refractivity contribution in [2.45, 2.75) is 70.1 Å². The number of amides is 1. The lowest BCUT2D eigenvalue weighted by Gasteiger charge is -2.30. The van der Waals surface area contributed by atoms with Gasteiger partial charge in [-0.1, -0.05) is 50.3 Å². The summed E-state index contributed by atoms with van der Waals surface area (Å²) in [6, 6.07) is 8.83. The van der Waals surface area contributed by atoms with Gasteiger partial charge in [-0.2, -0.15) is 0 Å². The van der Waals surface area contributed by atoms with Gasteiger partial charge in [0.2, 0.25) is 0 Å². The van der Waals surface area contributed by atoms with Crippen LogP contribution in [0.4, 0.5) is 5.69 Å². The molecule has 1 saturated carbocycles. The first-order valence-electron chi connectivity index (χ1n) is 9.72. The van der Waals surface area contributed by atoms with Crippen molar-refractivity contribution in [2.75, 3.05) is 11.6 Å². The van der Waals surface area contributed by atoms with Gasteiger partial charge in [-0.05, 0) is 37.8 Å². The second kappa shape index (κ2) is 10.5. The van der Waals surface area contributed by atoms with Crippen LogP contribution < -0.4 is 16.2 Å². The van der Waals surface area contributed by atoms with Crippen molar-refractivity contribution in [1.29, 1.82) is 0 Å². The number of hydrazine groups is 1. The molecule has 5 N–H and O–H groups in total. The van der Waals surface area contributed by atoms with E-state index in [9.17, 15) is 15.0 Å². The van der Waals surface area contributed by atoms with E-state index in [1.165, 1.54) is 19.3 Å². The summed E-state index contributed by atoms with van der Waals surface area (Å²) < 4.78 is 0. The number of hydrogen-bond acceptors (Lipinski definition) is 5. The minimum Gasteiger partial charge on any atom is -0.393 e. The van der Waals surface area contributed by atoms with Crippen LogP contribution in [0.5, 0.6) is 0 Å². The van der Waals surface area contributed by atoms with Crippen molar-refractivity contribution in [2.24, 2.45) is 11.7 Å². The lowest BCUT2D eigenvalue weighted by atomic mass is 9.84. The molecule has 0 bridgehead atoms. The zero-order valence-corrected chi connectivity index (χ0v) is 15.7. The number of nitrogens with one attached hydrogen (secondary N) is 1. The fourth-order valence-electron chi connectivity index (χ4n) is 3.50. The second-order valence-corrected chi connectivity index (χ2v) is 7.45. The molecular formula is C20H33N3O3. The topological polar surface area (TPSA) is 98.8 Å². The molecule has 1 aliphatic carbocycles. The lowest BCUT2D eigenvalue weighted by Crippen LogP contribution is -2.53. The number of carbonyl (C=O) groups is 1. The highest BCUT2D eigenvalue weighted by atomic mass is 16.3. The van der Waals surface area contributed by atoms with E-state index in [0.29, 0.717) is 25.3 Å². The van der Waals surface area contributed by atoms with Crippen LogP contribution in [0.15, 0.2) is 30.3 Å². The highest BCUT2D eigenvalue weighted by molar-refractivity contribution is 5.82. The van der Waals surface area contributed by atoms with Gasteiger partial charge in [0.15, 0.2) is 0 Å². The molecule has 1 aliphatic rings. The van der Waals surface area contributed by atoms with E-state index in [1.54, 1.807) is 11.9 Å². The molecular weight excluding hydrogens is 330 g/mol. The van der Waals surface area contributed by atoms with Crippen LogP contribution in [0.25, 0.3) is 0 Å².